The molecule has 1 aromatic carbocycles. The van der Waals surface area contributed by atoms with Crippen molar-refractivity contribution < 1.29 is 9.53 Å². The molecule has 116 valence electrons. The average molecular weight is 311 g/mol. The van der Waals surface area contributed by atoms with Crippen LogP contribution < -0.4 is 5.32 Å². The summed E-state index contributed by atoms with van der Waals surface area (Å²) in [5.74, 6) is 0.123. The van der Waals surface area contributed by atoms with Gasteiger partial charge in [0, 0.05) is 25.2 Å². The van der Waals surface area contributed by atoms with Crippen molar-refractivity contribution in [2.24, 2.45) is 0 Å². The maximum atomic E-state index is 12.6. The number of amides is 1. The lowest BCUT2D eigenvalue weighted by Gasteiger charge is -2.45. The van der Waals surface area contributed by atoms with Gasteiger partial charge >= 0.3 is 0 Å². The molecule has 2 saturated heterocycles. The van der Waals surface area contributed by atoms with Crippen LogP contribution in [-0.2, 0) is 4.74 Å². The second kappa shape index (κ2) is 6.77. The third-order valence-electron chi connectivity index (χ3n) is 4.26. The summed E-state index contributed by atoms with van der Waals surface area (Å²) in [6, 6.07) is 7.81. The van der Waals surface area contributed by atoms with Gasteiger partial charge in [-0.2, -0.15) is 0 Å². The second-order valence-electron chi connectivity index (χ2n) is 5.90. The van der Waals surface area contributed by atoms with E-state index in [9.17, 15) is 4.79 Å². The Balaban J connectivity index is 0.00000161. The van der Waals surface area contributed by atoms with Gasteiger partial charge in [-0.05, 0) is 31.9 Å². The van der Waals surface area contributed by atoms with Crippen LogP contribution in [0.15, 0.2) is 24.3 Å². The quantitative estimate of drug-likeness (QED) is 0.863. The van der Waals surface area contributed by atoms with Crippen LogP contribution in [0.1, 0.15) is 28.8 Å². The van der Waals surface area contributed by atoms with Crippen LogP contribution in [0.2, 0.25) is 0 Å². The van der Waals surface area contributed by atoms with E-state index in [2.05, 4.69) is 5.32 Å². The molecule has 2 aliphatic heterocycles. The Morgan fingerprint density at radius 2 is 2.10 bits per heavy atom. The molecule has 1 amide bonds. The van der Waals surface area contributed by atoms with Crippen molar-refractivity contribution in [2.45, 2.75) is 25.4 Å². The summed E-state index contributed by atoms with van der Waals surface area (Å²) in [5, 5.41) is 3.39. The fourth-order valence-electron chi connectivity index (χ4n) is 3.12. The van der Waals surface area contributed by atoms with Crippen molar-refractivity contribution in [3.63, 3.8) is 0 Å². The minimum atomic E-state index is -0.170. The fraction of sp³-hybridized carbons (Fsp3) is 0.562. The molecule has 1 atom stereocenters. The number of morpholine rings is 1. The highest BCUT2D eigenvalue weighted by Crippen LogP contribution is 2.27. The van der Waals surface area contributed by atoms with Gasteiger partial charge in [0.15, 0.2) is 0 Å². The highest BCUT2D eigenvalue weighted by molar-refractivity contribution is 5.94. The van der Waals surface area contributed by atoms with Gasteiger partial charge in [-0.25, -0.2) is 0 Å². The van der Waals surface area contributed by atoms with E-state index in [-0.39, 0.29) is 23.9 Å². The number of nitrogens with one attached hydrogen (secondary N) is 1. The molecule has 2 heterocycles. The first-order valence-corrected chi connectivity index (χ1v) is 7.39. The monoisotopic (exact) mass is 310 g/mol. The Labute approximate surface area is 132 Å². The van der Waals surface area contributed by atoms with Crippen LogP contribution in [0.3, 0.4) is 0 Å². The molecule has 4 nitrogen and oxygen atoms in total. The number of hydrogen-bond donors (Lipinski definition) is 1. The molecule has 0 bridgehead atoms. The molecule has 0 aromatic heterocycles. The van der Waals surface area contributed by atoms with Crippen LogP contribution in [0.5, 0.6) is 0 Å². The largest absolute Gasteiger partial charge is 0.370 e. The lowest BCUT2D eigenvalue weighted by atomic mass is 9.91. The molecule has 1 unspecified atom stereocenters. The molecule has 21 heavy (non-hydrogen) atoms. The Kier molecular flexibility index (Phi) is 5.25. The second-order valence-corrected chi connectivity index (χ2v) is 5.90. The third kappa shape index (κ3) is 3.57. The normalized spacial score (nSPS) is 25.5. The number of carbonyl (C=O) groups is 1. The Hall–Kier alpha value is -1.10. The summed E-state index contributed by atoms with van der Waals surface area (Å²) in [7, 11) is 0. The predicted octanol–water partition coefficient (Wildman–Crippen LogP) is 2.01. The number of carbonyl (C=O) groups excluding carboxylic acids is 1. The molecule has 2 fully saturated rings. The fourth-order valence-corrected chi connectivity index (χ4v) is 3.12. The minimum absolute atomic E-state index is 0. The van der Waals surface area contributed by atoms with Crippen molar-refractivity contribution in [3.05, 3.63) is 35.4 Å². The smallest absolute Gasteiger partial charge is 0.253 e. The molecule has 0 radical (unpaired) electrons. The molecular weight excluding hydrogens is 288 g/mol. The Morgan fingerprint density at radius 1 is 1.33 bits per heavy atom. The van der Waals surface area contributed by atoms with Crippen LogP contribution >= 0.6 is 12.4 Å². The molecule has 1 spiro atoms. The maximum Gasteiger partial charge on any atom is 0.253 e. The molecular formula is C16H23ClN2O2. The average Bonchev–Trinajstić information content (AvgIpc) is 2.48. The van der Waals surface area contributed by atoms with Gasteiger partial charge < -0.3 is 15.0 Å². The number of benzene rings is 1. The first kappa shape index (κ1) is 16.3. The molecule has 1 aromatic rings. The van der Waals surface area contributed by atoms with Crippen molar-refractivity contribution in [1.29, 1.82) is 0 Å². The zero-order valence-electron chi connectivity index (χ0n) is 12.4. The summed E-state index contributed by atoms with van der Waals surface area (Å²) in [6.45, 7) is 6.07. The van der Waals surface area contributed by atoms with Crippen LogP contribution in [-0.4, -0.2) is 49.2 Å². The van der Waals surface area contributed by atoms with E-state index in [1.165, 1.54) is 5.56 Å². The summed E-state index contributed by atoms with van der Waals surface area (Å²) < 4.78 is 5.99. The number of aryl methyl sites for hydroxylation is 1. The van der Waals surface area contributed by atoms with E-state index in [0.717, 1.165) is 44.6 Å². The third-order valence-corrected chi connectivity index (χ3v) is 4.26. The lowest BCUT2D eigenvalue weighted by Crippen LogP contribution is -2.59. The number of likely N-dealkylation sites (tertiary alicyclic amines) is 1. The summed E-state index contributed by atoms with van der Waals surface area (Å²) in [6.07, 6.45) is 2.05. The summed E-state index contributed by atoms with van der Waals surface area (Å²) >= 11 is 0. The SMILES string of the molecule is Cc1ccc(C(=O)N2CCCC3(CNCCO3)C2)cc1.Cl. The number of rotatable bonds is 1. The number of hydrogen-bond acceptors (Lipinski definition) is 3. The predicted molar refractivity (Wildman–Crippen MR) is 85.1 cm³/mol. The highest BCUT2D eigenvalue weighted by Gasteiger charge is 2.39. The number of nitrogens with zero attached hydrogens (tertiary/aromatic N) is 1. The van der Waals surface area contributed by atoms with E-state index in [1.807, 2.05) is 36.1 Å². The van der Waals surface area contributed by atoms with E-state index in [0.29, 0.717) is 6.54 Å². The zero-order chi connectivity index (χ0) is 14.0. The summed E-state index contributed by atoms with van der Waals surface area (Å²) in [4.78, 5) is 14.5. The number of ether oxygens (including phenoxy) is 1. The number of piperidine rings is 1. The first-order valence-electron chi connectivity index (χ1n) is 7.39. The maximum absolute atomic E-state index is 12.6. The van der Waals surface area contributed by atoms with E-state index >= 15 is 0 Å². The lowest BCUT2D eigenvalue weighted by molar-refractivity contribution is -0.0989. The Morgan fingerprint density at radius 3 is 2.76 bits per heavy atom. The van der Waals surface area contributed by atoms with E-state index in [1.54, 1.807) is 0 Å². The van der Waals surface area contributed by atoms with Gasteiger partial charge in [0.25, 0.3) is 5.91 Å². The van der Waals surface area contributed by atoms with E-state index < -0.39 is 0 Å². The van der Waals surface area contributed by atoms with E-state index in [4.69, 9.17) is 4.74 Å². The topological polar surface area (TPSA) is 41.6 Å². The Bertz CT molecular complexity index is 478. The number of halogens is 1. The van der Waals surface area contributed by atoms with Crippen molar-refractivity contribution >= 4 is 18.3 Å². The standard InChI is InChI=1S/C16H22N2O2.ClH/c1-13-3-5-14(6-4-13)15(19)18-9-2-7-16(12-18)11-17-8-10-20-16;/h3-6,17H,2,7-12H2,1H3;1H. The van der Waals surface area contributed by atoms with Crippen molar-refractivity contribution in [2.75, 3.05) is 32.8 Å². The van der Waals surface area contributed by atoms with Gasteiger partial charge in [0.1, 0.15) is 0 Å². The van der Waals surface area contributed by atoms with Crippen LogP contribution in [0.25, 0.3) is 0 Å². The molecule has 2 aliphatic rings. The molecule has 5 heteroatoms. The van der Waals surface area contributed by atoms with Crippen molar-refractivity contribution in [1.82, 2.24) is 10.2 Å². The van der Waals surface area contributed by atoms with Crippen LogP contribution in [0, 0.1) is 6.92 Å². The molecule has 1 N–H and O–H groups in total. The molecule has 0 saturated carbocycles. The van der Waals surface area contributed by atoms with Gasteiger partial charge in [-0.15, -0.1) is 12.4 Å². The van der Waals surface area contributed by atoms with Gasteiger partial charge in [-0.1, -0.05) is 17.7 Å². The van der Waals surface area contributed by atoms with Crippen molar-refractivity contribution in [3.8, 4) is 0 Å². The van der Waals surface area contributed by atoms with Gasteiger partial charge in [-0.3, -0.25) is 4.79 Å². The minimum Gasteiger partial charge on any atom is -0.370 e. The molecule has 3 rings (SSSR count). The zero-order valence-corrected chi connectivity index (χ0v) is 13.2. The van der Waals surface area contributed by atoms with Gasteiger partial charge in [0.2, 0.25) is 0 Å². The summed E-state index contributed by atoms with van der Waals surface area (Å²) in [5.41, 5.74) is 1.78. The van der Waals surface area contributed by atoms with Crippen LogP contribution in [0.4, 0.5) is 0 Å². The first-order chi connectivity index (χ1) is 9.69. The molecule has 0 aliphatic carbocycles. The van der Waals surface area contributed by atoms with Gasteiger partial charge in [0.05, 0.1) is 18.8 Å². The highest BCUT2D eigenvalue weighted by atomic mass is 35.5.